The van der Waals surface area contributed by atoms with Crippen LogP contribution in [-0.2, 0) is 16.1 Å². The predicted molar refractivity (Wildman–Crippen MR) is 83.1 cm³/mol. The molecule has 2 rings (SSSR count). The zero-order chi connectivity index (χ0) is 14.2. The number of hydrogen-bond donors (Lipinski definition) is 0. The maximum absolute atomic E-state index is 11.2. The monoisotopic (exact) mass is 289 g/mol. The van der Waals surface area contributed by atoms with Gasteiger partial charge in [0.1, 0.15) is 0 Å². The van der Waals surface area contributed by atoms with Gasteiger partial charge in [0.15, 0.2) is 0 Å². The molecule has 0 radical (unpaired) electrons. The van der Waals surface area contributed by atoms with Crippen molar-refractivity contribution in [1.29, 1.82) is 0 Å². The molecule has 0 saturated carbocycles. The number of carbonyl (C=O) groups is 1. The summed E-state index contributed by atoms with van der Waals surface area (Å²) in [4.78, 5) is 13.5. The number of esters is 1. The number of para-hydroxylation sites is 1. The van der Waals surface area contributed by atoms with Crippen molar-refractivity contribution in [1.82, 2.24) is 0 Å². The summed E-state index contributed by atoms with van der Waals surface area (Å²) in [5, 5.41) is 4.25. The van der Waals surface area contributed by atoms with Gasteiger partial charge in [-0.1, -0.05) is 18.2 Å². The van der Waals surface area contributed by atoms with Gasteiger partial charge in [-0.25, -0.2) is 0 Å². The van der Waals surface area contributed by atoms with E-state index in [9.17, 15) is 4.79 Å². The molecule has 0 spiro atoms. The van der Waals surface area contributed by atoms with Crippen LogP contribution in [0.2, 0.25) is 0 Å². The summed E-state index contributed by atoms with van der Waals surface area (Å²) in [6.07, 6.45) is 1.26. The second-order valence-electron chi connectivity index (χ2n) is 4.57. The molecule has 0 N–H and O–H groups in total. The molecule has 3 nitrogen and oxygen atoms in total. The first-order chi connectivity index (χ1) is 9.79. The molecule has 1 aromatic heterocycles. The van der Waals surface area contributed by atoms with Crippen LogP contribution in [-0.4, -0.2) is 19.6 Å². The van der Waals surface area contributed by atoms with Gasteiger partial charge in [-0.15, -0.1) is 0 Å². The standard InChI is InChI=1S/C16H19NO2S/c1-19-16(18)8-5-10-17(12-14-9-11-20-13-14)15-6-3-2-4-7-15/h2-4,6-7,9,11,13H,5,8,10,12H2,1H3. The minimum absolute atomic E-state index is 0.145. The lowest BCUT2D eigenvalue weighted by molar-refractivity contribution is -0.140. The molecule has 20 heavy (non-hydrogen) atoms. The molecule has 0 fully saturated rings. The molecule has 1 heterocycles. The lowest BCUT2D eigenvalue weighted by atomic mass is 10.2. The van der Waals surface area contributed by atoms with Gasteiger partial charge in [0.05, 0.1) is 7.11 Å². The van der Waals surface area contributed by atoms with Gasteiger partial charge in [0.25, 0.3) is 0 Å². The third kappa shape index (κ3) is 4.38. The summed E-state index contributed by atoms with van der Waals surface area (Å²) in [6.45, 7) is 1.71. The Morgan fingerprint density at radius 2 is 2.05 bits per heavy atom. The normalized spacial score (nSPS) is 10.2. The SMILES string of the molecule is COC(=O)CCCN(Cc1ccsc1)c1ccccc1. The molecule has 4 heteroatoms. The van der Waals surface area contributed by atoms with Crippen LogP contribution < -0.4 is 4.90 Å². The molecule has 0 unspecified atom stereocenters. The first-order valence-electron chi connectivity index (χ1n) is 6.67. The van der Waals surface area contributed by atoms with Crippen molar-refractivity contribution in [2.75, 3.05) is 18.6 Å². The van der Waals surface area contributed by atoms with Crippen molar-refractivity contribution in [3.05, 3.63) is 52.7 Å². The average Bonchev–Trinajstić information content (AvgIpc) is 3.00. The lowest BCUT2D eigenvalue weighted by Gasteiger charge is -2.24. The lowest BCUT2D eigenvalue weighted by Crippen LogP contribution is -2.24. The molecular weight excluding hydrogens is 270 g/mol. The number of carbonyl (C=O) groups excluding carboxylic acids is 1. The summed E-state index contributed by atoms with van der Waals surface area (Å²) in [7, 11) is 1.43. The fraction of sp³-hybridized carbons (Fsp3) is 0.312. The van der Waals surface area contributed by atoms with Crippen LogP contribution >= 0.6 is 11.3 Å². The number of anilines is 1. The minimum atomic E-state index is -0.145. The summed E-state index contributed by atoms with van der Waals surface area (Å²) in [6, 6.07) is 12.4. The Morgan fingerprint density at radius 3 is 2.70 bits per heavy atom. The van der Waals surface area contributed by atoms with Crippen LogP contribution in [0.25, 0.3) is 0 Å². The van der Waals surface area contributed by atoms with Gasteiger partial charge in [0, 0.05) is 25.2 Å². The van der Waals surface area contributed by atoms with Crippen LogP contribution in [0, 0.1) is 0 Å². The Kier molecular flexibility index (Phi) is 5.62. The molecule has 0 atom stereocenters. The molecule has 2 aromatic rings. The number of hydrogen-bond acceptors (Lipinski definition) is 4. The van der Waals surface area contributed by atoms with Gasteiger partial charge in [-0.05, 0) is 40.9 Å². The number of methoxy groups -OCH3 is 1. The number of nitrogens with zero attached hydrogens (tertiary/aromatic N) is 1. The highest BCUT2D eigenvalue weighted by molar-refractivity contribution is 7.07. The van der Waals surface area contributed by atoms with Crippen molar-refractivity contribution >= 4 is 23.0 Å². The van der Waals surface area contributed by atoms with E-state index in [1.807, 2.05) is 18.2 Å². The number of ether oxygens (including phenoxy) is 1. The third-order valence-electron chi connectivity index (χ3n) is 3.11. The number of rotatable bonds is 7. The van der Waals surface area contributed by atoms with E-state index in [0.29, 0.717) is 6.42 Å². The van der Waals surface area contributed by atoms with Crippen LogP contribution in [0.1, 0.15) is 18.4 Å². The predicted octanol–water partition coefficient (Wildman–Crippen LogP) is 3.71. The highest BCUT2D eigenvalue weighted by atomic mass is 32.1. The van der Waals surface area contributed by atoms with E-state index >= 15 is 0 Å². The van der Waals surface area contributed by atoms with Gasteiger partial charge >= 0.3 is 5.97 Å². The quantitative estimate of drug-likeness (QED) is 0.728. The molecule has 0 saturated heterocycles. The molecular formula is C16H19NO2S. The zero-order valence-electron chi connectivity index (χ0n) is 11.6. The first-order valence-corrected chi connectivity index (χ1v) is 7.62. The smallest absolute Gasteiger partial charge is 0.305 e. The van der Waals surface area contributed by atoms with Crippen LogP contribution in [0.15, 0.2) is 47.2 Å². The fourth-order valence-corrected chi connectivity index (χ4v) is 2.72. The molecule has 106 valence electrons. The number of benzene rings is 1. The molecule has 1 aromatic carbocycles. The van der Waals surface area contributed by atoms with Gasteiger partial charge in [0.2, 0.25) is 0 Å². The van der Waals surface area contributed by atoms with E-state index in [1.54, 1.807) is 11.3 Å². The van der Waals surface area contributed by atoms with Crippen LogP contribution in [0.3, 0.4) is 0 Å². The zero-order valence-corrected chi connectivity index (χ0v) is 12.4. The minimum Gasteiger partial charge on any atom is -0.469 e. The topological polar surface area (TPSA) is 29.5 Å². The van der Waals surface area contributed by atoms with Crippen LogP contribution in [0.5, 0.6) is 0 Å². The largest absolute Gasteiger partial charge is 0.469 e. The second-order valence-corrected chi connectivity index (χ2v) is 5.35. The Balaban J connectivity index is 1.99. The van der Waals surface area contributed by atoms with E-state index in [0.717, 1.165) is 19.5 Å². The molecule has 0 aliphatic carbocycles. The van der Waals surface area contributed by atoms with Gasteiger partial charge < -0.3 is 9.64 Å². The highest BCUT2D eigenvalue weighted by Gasteiger charge is 2.09. The molecule has 0 aliphatic rings. The Labute approximate surface area is 123 Å². The van der Waals surface area contributed by atoms with Crippen molar-refractivity contribution < 1.29 is 9.53 Å². The van der Waals surface area contributed by atoms with Gasteiger partial charge in [-0.3, -0.25) is 4.79 Å². The number of thiophene rings is 1. The second kappa shape index (κ2) is 7.70. The van der Waals surface area contributed by atoms with Crippen LogP contribution in [0.4, 0.5) is 5.69 Å². The van der Waals surface area contributed by atoms with E-state index in [-0.39, 0.29) is 5.97 Å². The van der Waals surface area contributed by atoms with Gasteiger partial charge in [-0.2, -0.15) is 11.3 Å². The molecule has 0 amide bonds. The van der Waals surface area contributed by atoms with E-state index in [4.69, 9.17) is 0 Å². The first kappa shape index (κ1) is 14.6. The van der Waals surface area contributed by atoms with Crippen molar-refractivity contribution in [2.24, 2.45) is 0 Å². The average molecular weight is 289 g/mol. The van der Waals surface area contributed by atoms with E-state index in [1.165, 1.54) is 18.4 Å². The Hall–Kier alpha value is -1.81. The Morgan fingerprint density at radius 1 is 1.25 bits per heavy atom. The van der Waals surface area contributed by atoms with E-state index < -0.39 is 0 Å². The maximum atomic E-state index is 11.2. The highest BCUT2D eigenvalue weighted by Crippen LogP contribution is 2.18. The maximum Gasteiger partial charge on any atom is 0.305 e. The van der Waals surface area contributed by atoms with Crippen molar-refractivity contribution in [3.8, 4) is 0 Å². The fourth-order valence-electron chi connectivity index (χ4n) is 2.06. The Bertz CT molecular complexity index is 511. The summed E-state index contributed by atoms with van der Waals surface area (Å²) >= 11 is 1.71. The van der Waals surface area contributed by atoms with Crippen molar-refractivity contribution in [3.63, 3.8) is 0 Å². The summed E-state index contributed by atoms with van der Waals surface area (Å²) in [5.74, 6) is -0.145. The summed E-state index contributed by atoms with van der Waals surface area (Å²) in [5.41, 5.74) is 2.49. The summed E-state index contributed by atoms with van der Waals surface area (Å²) < 4.78 is 4.69. The third-order valence-corrected chi connectivity index (χ3v) is 3.84. The van der Waals surface area contributed by atoms with E-state index in [2.05, 4.69) is 38.6 Å². The molecule has 0 aliphatic heterocycles. The molecule has 0 bridgehead atoms. The van der Waals surface area contributed by atoms with Crippen molar-refractivity contribution in [2.45, 2.75) is 19.4 Å².